The Morgan fingerprint density at radius 1 is 1.08 bits per heavy atom. The molecule has 0 bridgehead atoms. The first kappa shape index (κ1) is 18.3. The highest BCUT2D eigenvalue weighted by molar-refractivity contribution is 7.98. The van der Waals surface area contributed by atoms with Crippen molar-refractivity contribution < 1.29 is 4.42 Å². The van der Waals surface area contributed by atoms with Crippen molar-refractivity contribution in [2.24, 2.45) is 14.1 Å². The van der Waals surface area contributed by atoms with Crippen LogP contribution in [0.2, 0.25) is 0 Å². The first-order valence-electron chi connectivity index (χ1n) is 7.99. The Balaban J connectivity index is 2.24. The molecule has 0 aliphatic rings. The molecule has 0 aliphatic carbocycles. The van der Waals surface area contributed by atoms with Crippen LogP contribution in [0.4, 0.5) is 0 Å². The molecule has 0 spiro atoms. The van der Waals surface area contributed by atoms with Crippen molar-refractivity contribution in [1.82, 2.24) is 29.3 Å². The molecule has 26 heavy (non-hydrogen) atoms. The minimum Gasteiger partial charge on any atom is -0.425 e. The average molecular weight is 376 g/mol. The zero-order valence-corrected chi connectivity index (χ0v) is 16.3. The Morgan fingerprint density at radius 2 is 1.77 bits per heavy atom. The van der Waals surface area contributed by atoms with Crippen LogP contribution in [0.1, 0.15) is 38.4 Å². The number of aromatic nitrogens is 6. The van der Waals surface area contributed by atoms with Crippen LogP contribution in [0.15, 0.2) is 19.0 Å². The van der Waals surface area contributed by atoms with Crippen LogP contribution in [0, 0.1) is 6.92 Å². The van der Waals surface area contributed by atoms with Crippen molar-refractivity contribution in [3.8, 4) is 0 Å². The van der Waals surface area contributed by atoms with Crippen LogP contribution >= 0.6 is 11.8 Å². The molecule has 0 atom stereocenters. The van der Waals surface area contributed by atoms with Gasteiger partial charge in [-0.1, -0.05) is 32.5 Å². The lowest BCUT2D eigenvalue weighted by Gasteiger charge is -2.19. The number of aryl methyl sites for hydroxylation is 2. The summed E-state index contributed by atoms with van der Waals surface area (Å²) in [6.07, 6.45) is 0. The summed E-state index contributed by atoms with van der Waals surface area (Å²) < 4.78 is 7.82. The van der Waals surface area contributed by atoms with Gasteiger partial charge in [-0.2, -0.15) is 0 Å². The van der Waals surface area contributed by atoms with E-state index in [1.807, 2.05) is 20.8 Å². The summed E-state index contributed by atoms with van der Waals surface area (Å²) in [6, 6.07) is 0. The molecule has 9 nitrogen and oxygen atoms in total. The normalized spacial score (nSPS) is 12.1. The van der Waals surface area contributed by atoms with E-state index in [0.29, 0.717) is 39.4 Å². The van der Waals surface area contributed by atoms with Gasteiger partial charge in [0.25, 0.3) is 5.56 Å². The van der Waals surface area contributed by atoms with Crippen molar-refractivity contribution >= 4 is 22.8 Å². The molecule has 3 aromatic rings. The van der Waals surface area contributed by atoms with Crippen LogP contribution in [0.5, 0.6) is 0 Å². The van der Waals surface area contributed by atoms with E-state index < -0.39 is 11.2 Å². The summed E-state index contributed by atoms with van der Waals surface area (Å²) >= 11 is 1.31. The maximum Gasteiger partial charge on any atom is 0.332 e. The maximum atomic E-state index is 12.7. The lowest BCUT2D eigenvalue weighted by molar-refractivity contribution is 0.485. The van der Waals surface area contributed by atoms with Crippen LogP contribution in [-0.2, 0) is 25.3 Å². The first-order chi connectivity index (χ1) is 12.1. The van der Waals surface area contributed by atoms with E-state index in [2.05, 4.69) is 20.2 Å². The SMILES string of the molecule is Cc1nnc(CSc2nc(C(C)(C)C)nc3c2c(=O)n(C)c(=O)n3C)o1. The number of nitrogens with zero attached hydrogens (tertiary/aromatic N) is 6. The van der Waals surface area contributed by atoms with Crippen LogP contribution in [-0.4, -0.2) is 29.3 Å². The maximum absolute atomic E-state index is 12.7. The molecule has 0 unspecified atom stereocenters. The Kier molecular flexibility index (Phi) is 4.47. The van der Waals surface area contributed by atoms with E-state index in [1.54, 1.807) is 14.0 Å². The Labute approximate surface area is 153 Å². The van der Waals surface area contributed by atoms with Gasteiger partial charge >= 0.3 is 5.69 Å². The quantitative estimate of drug-likeness (QED) is 0.497. The minimum atomic E-state index is -0.426. The molecule has 0 aromatic carbocycles. The highest BCUT2D eigenvalue weighted by Crippen LogP contribution is 2.28. The molecular weight excluding hydrogens is 356 g/mol. The zero-order chi connectivity index (χ0) is 19.2. The van der Waals surface area contributed by atoms with Gasteiger partial charge in [0.2, 0.25) is 11.8 Å². The molecule has 0 saturated carbocycles. The predicted octanol–water partition coefficient (Wildman–Crippen LogP) is 1.31. The molecule has 0 aliphatic heterocycles. The standard InChI is InChI=1S/C16H20N6O3S/c1-8-19-20-9(25-8)7-26-12-10-11(17-14(18-12)16(2,3)4)21(5)15(24)22(6)13(10)23/h7H2,1-6H3. The summed E-state index contributed by atoms with van der Waals surface area (Å²) in [7, 11) is 3.04. The van der Waals surface area contributed by atoms with Crippen molar-refractivity contribution in [2.45, 2.75) is 43.9 Å². The summed E-state index contributed by atoms with van der Waals surface area (Å²) in [5.41, 5.74) is -0.874. The topological polar surface area (TPSA) is 109 Å². The Hall–Kier alpha value is -2.49. The monoisotopic (exact) mass is 376 g/mol. The molecule has 0 N–H and O–H groups in total. The van der Waals surface area contributed by atoms with E-state index in [9.17, 15) is 9.59 Å². The fourth-order valence-corrected chi connectivity index (χ4v) is 3.25. The van der Waals surface area contributed by atoms with E-state index in [4.69, 9.17) is 4.42 Å². The molecular formula is C16H20N6O3S. The second-order valence-electron chi connectivity index (χ2n) is 7.01. The second-order valence-corrected chi connectivity index (χ2v) is 7.97. The molecule has 0 saturated heterocycles. The summed E-state index contributed by atoms with van der Waals surface area (Å²) in [4.78, 5) is 34.1. The lowest BCUT2D eigenvalue weighted by Crippen LogP contribution is -2.38. The fraction of sp³-hybridized carbons (Fsp3) is 0.500. The van der Waals surface area contributed by atoms with Gasteiger partial charge in [0.05, 0.1) is 5.75 Å². The Morgan fingerprint density at radius 3 is 2.35 bits per heavy atom. The van der Waals surface area contributed by atoms with Gasteiger partial charge in [-0.15, -0.1) is 10.2 Å². The second kappa shape index (κ2) is 6.35. The third-order valence-electron chi connectivity index (χ3n) is 3.84. The molecule has 3 heterocycles. The van der Waals surface area contributed by atoms with Crippen molar-refractivity contribution in [1.29, 1.82) is 0 Å². The van der Waals surface area contributed by atoms with Crippen molar-refractivity contribution in [3.05, 3.63) is 38.4 Å². The van der Waals surface area contributed by atoms with Crippen LogP contribution < -0.4 is 11.2 Å². The molecule has 0 radical (unpaired) electrons. The van der Waals surface area contributed by atoms with Crippen LogP contribution in [0.3, 0.4) is 0 Å². The fourth-order valence-electron chi connectivity index (χ4n) is 2.39. The van der Waals surface area contributed by atoms with E-state index in [0.717, 1.165) is 4.57 Å². The Bertz CT molecular complexity index is 1110. The number of fused-ring (bicyclic) bond motifs is 1. The molecule has 10 heteroatoms. The highest BCUT2D eigenvalue weighted by atomic mass is 32.2. The average Bonchev–Trinajstić information content (AvgIpc) is 3.00. The van der Waals surface area contributed by atoms with E-state index in [-0.39, 0.29) is 5.41 Å². The van der Waals surface area contributed by atoms with E-state index in [1.165, 1.54) is 23.4 Å². The van der Waals surface area contributed by atoms with Gasteiger partial charge < -0.3 is 4.42 Å². The number of hydrogen-bond donors (Lipinski definition) is 0. The molecule has 138 valence electrons. The summed E-state index contributed by atoms with van der Waals surface area (Å²) in [5, 5.41) is 8.57. The minimum absolute atomic E-state index is 0.309. The van der Waals surface area contributed by atoms with Gasteiger partial charge in [-0.3, -0.25) is 13.9 Å². The van der Waals surface area contributed by atoms with Gasteiger partial charge in [-0.25, -0.2) is 14.8 Å². The van der Waals surface area contributed by atoms with Crippen molar-refractivity contribution in [3.63, 3.8) is 0 Å². The third kappa shape index (κ3) is 3.16. The van der Waals surface area contributed by atoms with Gasteiger partial charge in [0.15, 0.2) is 5.65 Å². The highest BCUT2D eigenvalue weighted by Gasteiger charge is 2.23. The summed E-state index contributed by atoms with van der Waals surface area (Å²) in [5.74, 6) is 1.83. The van der Waals surface area contributed by atoms with Gasteiger partial charge in [0, 0.05) is 26.4 Å². The largest absolute Gasteiger partial charge is 0.425 e. The molecule has 0 amide bonds. The van der Waals surface area contributed by atoms with Gasteiger partial charge in [-0.05, 0) is 0 Å². The molecule has 3 rings (SSSR count). The van der Waals surface area contributed by atoms with E-state index >= 15 is 0 Å². The zero-order valence-electron chi connectivity index (χ0n) is 15.5. The predicted molar refractivity (Wildman–Crippen MR) is 97.3 cm³/mol. The van der Waals surface area contributed by atoms with Gasteiger partial charge in [0.1, 0.15) is 16.2 Å². The first-order valence-corrected chi connectivity index (χ1v) is 8.98. The number of hydrogen-bond acceptors (Lipinski definition) is 8. The molecule has 0 fully saturated rings. The number of thioether (sulfide) groups is 1. The van der Waals surface area contributed by atoms with Crippen LogP contribution in [0.25, 0.3) is 11.0 Å². The lowest BCUT2D eigenvalue weighted by atomic mass is 9.96. The van der Waals surface area contributed by atoms with Crippen molar-refractivity contribution in [2.75, 3.05) is 0 Å². The molecule has 3 aromatic heterocycles. The summed E-state index contributed by atoms with van der Waals surface area (Å²) in [6.45, 7) is 7.64. The number of rotatable bonds is 3. The third-order valence-corrected chi connectivity index (χ3v) is 4.80. The smallest absolute Gasteiger partial charge is 0.332 e.